The smallest absolute Gasteiger partial charge is 0.139 e. The van der Waals surface area contributed by atoms with Gasteiger partial charge in [0.15, 0.2) is 0 Å². The van der Waals surface area contributed by atoms with Crippen molar-refractivity contribution in [3.63, 3.8) is 0 Å². The summed E-state index contributed by atoms with van der Waals surface area (Å²) in [4.78, 5) is 8.85. The van der Waals surface area contributed by atoms with Crippen molar-refractivity contribution in [2.75, 3.05) is 11.1 Å². The van der Waals surface area contributed by atoms with Crippen molar-refractivity contribution < 1.29 is 0 Å². The van der Waals surface area contributed by atoms with Gasteiger partial charge < -0.3 is 11.1 Å². The first-order valence-electron chi connectivity index (χ1n) is 6.55. The summed E-state index contributed by atoms with van der Waals surface area (Å²) < 4.78 is 0. The van der Waals surface area contributed by atoms with E-state index in [0.717, 1.165) is 22.6 Å². The number of benzene rings is 1. The first-order valence-corrected chi connectivity index (χ1v) is 6.93. The van der Waals surface area contributed by atoms with Crippen LogP contribution in [0.2, 0.25) is 5.02 Å². The van der Waals surface area contributed by atoms with E-state index in [9.17, 15) is 0 Å². The molecule has 5 heteroatoms. The van der Waals surface area contributed by atoms with Crippen molar-refractivity contribution in [3.8, 4) is 0 Å². The normalized spacial score (nSPS) is 10.9. The van der Waals surface area contributed by atoms with Gasteiger partial charge in [-0.2, -0.15) is 0 Å². The van der Waals surface area contributed by atoms with Crippen molar-refractivity contribution in [2.45, 2.75) is 33.6 Å². The Kier molecular flexibility index (Phi) is 4.14. The Labute approximate surface area is 124 Å². The standard InChI is InChI=1S/C15H19ClN4/c1-8(2)14-19-13(17)10(4)15(20-14)18-12-7-9(3)5-6-11(12)16/h5-8H,1-4H3,(H3,17,18,19,20). The van der Waals surface area contributed by atoms with Gasteiger partial charge in [0.05, 0.1) is 10.7 Å². The molecule has 1 aromatic carbocycles. The summed E-state index contributed by atoms with van der Waals surface area (Å²) in [6, 6.07) is 5.81. The second-order valence-corrected chi connectivity index (χ2v) is 5.61. The van der Waals surface area contributed by atoms with E-state index in [0.29, 0.717) is 16.7 Å². The fourth-order valence-electron chi connectivity index (χ4n) is 1.79. The minimum atomic E-state index is 0.214. The van der Waals surface area contributed by atoms with Gasteiger partial charge in [0, 0.05) is 11.5 Å². The van der Waals surface area contributed by atoms with Crippen molar-refractivity contribution in [2.24, 2.45) is 0 Å². The SMILES string of the molecule is Cc1ccc(Cl)c(Nc2nc(C(C)C)nc(N)c2C)c1. The van der Waals surface area contributed by atoms with Gasteiger partial charge in [0.1, 0.15) is 17.5 Å². The predicted octanol–water partition coefficient (Wildman–Crippen LogP) is 4.20. The molecule has 0 aliphatic rings. The average Bonchev–Trinajstić information content (AvgIpc) is 2.38. The lowest BCUT2D eigenvalue weighted by Gasteiger charge is -2.14. The summed E-state index contributed by atoms with van der Waals surface area (Å²) in [5.41, 5.74) is 8.73. The van der Waals surface area contributed by atoms with Gasteiger partial charge in [0.25, 0.3) is 0 Å². The van der Waals surface area contributed by atoms with Gasteiger partial charge in [0.2, 0.25) is 0 Å². The van der Waals surface area contributed by atoms with Crippen LogP contribution in [0.4, 0.5) is 17.3 Å². The Bertz CT molecular complexity index is 638. The molecule has 106 valence electrons. The summed E-state index contributed by atoms with van der Waals surface area (Å²) in [6.07, 6.45) is 0. The van der Waals surface area contributed by atoms with Crippen LogP contribution in [0.5, 0.6) is 0 Å². The molecule has 4 nitrogen and oxygen atoms in total. The number of nitrogens with two attached hydrogens (primary N) is 1. The van der Waals surface area contributed by atoms with Crippen molar-refractivity contribution in [3.05, 3.63) is 40.2 Å². The molecule has 0 atom stereocenters. The maximum Gasteiger partial charge on any atom is 0.139 e. The molecular weight excluding hydrogens is 272 g/mol. The number of anilines is 3. The van der Waals surface area contributed by atoms with E-state index < -0.39 is 0 Å². The van der Waals surface area contributed by atoms with E-state index >= 15 is 0 Å². The Morgan fingerprint density at radius 2 is 1.90 bits per heavy atom. The highest BCUT2D eigenvalue weighted by atomic mass is 35.5. The zero-order valence-corrected chi connectivity index (χ0v) is 12.9. The fourth-order valence-corrected chi connectivity index (χ4v) is 1.96. The van der Waals surface area contributed by atoms with Crippen molar-refractivity contribution in [1.29, 1.82) is 0 Å². The van der Waals surface area contributed by atoms with Crippen molar-refractivity contribution >= 4 is 28.9 Å². The van der Waals surface area contributed by atoms with Crippen LogP contribution in [0, 0.1) is 13.8 Å². The van der Waals surface area contributed by atoms with Crippen LogP contribution in [0.25, 0.3) is 0 Å². The third-order valence-electron chi connectivity index (χ3n) is 3.09. The van der Waals surface area contributed by atoms with Crippen LogP contribution in [0.15, 0.2) is 18.2 Å². The number of rotatable bonds is 3. The van der Waals surface area contributed by atoms with Crippen molar-refractivity contribution in [1.82, 2.24) is 9.97 Å². The topological polar surface area (TPSA) is 63.8 Å². The molecule has 2 rings (SSSR count). The zero-order valence-electron chi connectivity index (χ0n) is 12.2. The monoisotopic (exact) mass is 290 g/mol. The quantitative estimate of drug-likeness (QED) is 0.889. The van der Waals surface area contributed by atoms with Gasteiger partial charge in [-0.3, -0.25) is 0 Å². The van der Waals surface area contributed by atoms with E-state index in [2.05, 4.69) is 15.3 Å². The maximum absolute atomic E-state index is 6.20. The molecule has 2 aromatic rings. The molecule has 0 spiro atoms. The van der Waals surface area contributed by atoms with Gasteiger partial charge in [-0.05, 0) is 31.5 Å². The summed E-state index contributed by atoms with van der Waals surface area (Å²) in [5, 5.41) is 3.91. The summed E-state index contributed by atoms with van der Waals surface area (Å²) in [5.74, 6) is 2.13. The minimum absolute atomic E-state index is 0.214. The third-order valence-corrected chi connectivity index (χ3v) is 3.42. The Morgan fingerprint density at radius 1 is 1.20 bits per heavy atom. The number of halogens is 1. The number of nitrogens with one attached hydrogen (secondary N) is 1. The lowest BCUT2D eigenvalue weighted by molar-refractivity contribution is 0.776. The second-order valence-electron chi connectivity index (χ2n) is 5.20. The van der Waals surface area contributed by atoms with Gasteiger partial charge in [-0.25, -0.2) is 9.97 Å². The van der Waals surface area contributed by atoms with Crippen LogP contribution in [-0.2, 0) is 0 Å². The highest BCUT2D eigenvalue weighted by Gasteiger charge is 2.12. The van der Waals surface area contributed by atoms with Crippen LogP contribution in [-0.4, -0.2) is 9.97 Å². The van der Waals surface area contributed by atoms with Gasteiger partial charge in [-0.15, -0.1) is 0 Å². The number of aromatic nitrogens is 2. The average molecular weight is 291 g/mol. The van der Waals surface area contributed by atoms with Gasteiger partial charge in [-0.1, -0.05) is 31.5 Å². The Balaban J connectivity index is 2.45. The first-order chi connectivity index (χ1) is 9.38. The minimum Gasteiger partial charge on any atom is -0.383 e. The zero-order chi connectivity index (χ0) is 14.9. The summed E-state index contributed by atoms with van der Waals surface area (Å²) >= 11 is 6.20. The molecule has 0 aliphatic heterocycles. The largest absolute Gasteiger partial charge is 0.383 e. The summed E-state index contributed by atoms with van der Waals surface area (Å²) in [7, 11) is 0. The van der Waals surface area contributed by atoms with E-state index in [-0.39, 0.29) is 5.92 Å². The van der Waals surface area contributed by atoms with E-state index in [1.807, 2.05) is 45.9 Å². The molecule has 1 aromatic heterocycles. The lowest BCUT2D eigenvalue weighted by atomic mass is 10.2. The van der Waals surface area contributed by atoms with Gasteiger partial charge >= 0.3 is 0 Å². The number of nitrogen functional groups attached to an aromatic ring is 1. The number of aryl methyl sites for hydroxylation is 1. The number of hydrogen-bond acceptors (Lipinski definition) is 4. The number of hydrogen-bond donors (Lipinski definition) is 2. The molecule has 0 fully saturated rings. The summed E-state index contributed by atoms with van der Waals surface area (Å²) in [6.45, 7) is 7.98. The first kappa shape index (κ1) is 14.6. The van der Waals surface area contributed by atoms with E-state index in [1.54, 1.807) is 0 Å². The van der Waals surface area contributed by atoms with Crippen LogP contribution in [0.3, 0.4) is 0 Å². The molecule has 0 unspecified atom stereocenters. The highest BCUT2D eigenvalue weighted by molar-refractivity contribution is 6.33. The number of nitrogens with zero attached hydrogens (tertiary/aromatic N) is 2. The maximum atomic E-state index is 6.20. The third kappa shape index (κ3) is 3.02. The molecule has 0 radical (unpaired) electrons. The molecule has 0 aliphatic carbocycles. The molecule has 0 saturated heterocycles. The van der Waals surface area contributed by atoms with E-state index in [1.165, 1.54) is 0 Å². The molecule has 3 N–H and O–H groups in total. The van der Waals surface area contributed by atoms with Crippen LogP contribution in [0.1, 0.15) is 36.7 Å². The molecule has 1 heterocycles. The molecule has 0 saturated carbocycles. The molecule has 20 heavy (non-hydrogen) atoms. The Morgan fingerprint density at radius 3 is 2.55 bits per heavy atom. The Hall–Kier alpha value is -1.81. The predicted molar refractivity (Wildman–Crippen MR) is 84.7 cm³/mol. The highest BCUT2D eigenvalue weighted by Crippen LogP contribution is 2.29. The molecule has 0 amide bonds. The van der Waals surface area contributed by atoms with Crippen LogP contribution >= 0.6 is 11.6 Å². The second kappa shape index (κ2) is 5.67. The van der Waals surface area contributed by atoms with Crippen LogP contribution < -0.4 is 11.1 Å². The molecule has 0 bridgehead atoms. The fraction of sp³-hybridized carbons (Fsp3) is 0.333. The molecular formula is C15H19ClN4. The lowest BCUT2D eigenvalue weighted by Crippen LogP contribution is -2.08. The van der Waals surface area contributed by atoms with E-state index in [4.69, 9.17) is 17.3 Å².